The summed E-state index contributed by atoms with van der Waals surface area (Å²) in [5, 5.41) is 4.11. The molecular weight excluding hydrogens is 415 g/mol. The van der Waals surface area contributed by atoms with E-state index in [0.29, 0.717) is 38.0 Å². The number of fused-ring (bicyclic) bond motifs is 1. The summed E-state index contributed by atoms with van der Waals surface area (Å²) < 4.78 is 11.0. The molecule has 1 heterocycles. The minimum Gasteiger partial charge on any atom is -0.462 e. The van der Waals surface area contributed by atoms with E-state index in [-0.39, 0.29) is 25.6 Å². The quantitative estimate of drug-likeness (QED) is 0.530. The Labute approximate surface area is 178 Å². The third kappa shape index (κ3) is 4.90. The highest BCUT2D eigenvalue weighted by atomic mass is 35.5. The molecule has 3 rings (SSSR count). The molecule has 0 atom stereocenters. The zero-order valence-electron chi connectivity index (χ0n) is 16.0. The topological polar surface area (TPSA) is 71.8 Å². The van der Waals surface area contributed by atoms with E-state index in [1.807, 2.05) is 12.1 Å². The van der Waals surface area contributed by atoms with Crippen LogP contribution in [0.1, 0.15) is 23.0 Å². The van der Waals surface area contributed by atoms with Gasteiger partial charge in [-0.25, -0.2) is 4.79 Å². The van der Waals surface area contributed by atoms with Crippen molar-refractivity contribution in [3.8, 4) is 0 Å². The molecule has 29 heavy (non-hydrogen) atoms. The van der Waals surface area contributed by atoms with Crippen molar-refractivity contribution in [1.82, 2.24) is 4.90 Å². The SMILES string of the molecule is CCOC(=O)c1c(CN(C)CC(=O)Nc2c(Cl)cccc2Cl)oc2ccccc12. The number of rotatable bonds is 7. The van der Waals surface area contributed by atoms with Crippen molar-refractivity contribution < 1.29 is 18.7 Å². The first kappa shape index (κ1) is 21.2. The van der Waals surface area contributed by atoms with Gasteiger partial charge in [-0.2, -0.15) is 0 Å². The number of hydrogen-bond acceptors (Lipinski definition) is 5. The fourth-order valence-corrected chi connectivity index (χ4v) is 3.47. The maximum absolute atomic E-state index is 12.5. The van der Waals surface area contributed by atoms with Gasteiger partial charge in [0.05, 0.1) is 35.4 Å². The summed E-state index contributed by atoms with van der Waals surface area (Å²) in [6.45, 7) is 2.29. The lowest BCUT2D eigenvalue weighted by Crippen LogP contribution is -2.30. The molecule has 0 unspecified atom stereocenters. The highest BCUT2D eigenvalue weighted by Gasteiger charge is 2.23. The molecule has 1 N–H and O–H groups in total. The van der Waals surface area contributed by atoms with Gasteiger partial charge >= 0.3 is 5.97 Å². The molecule has 0 aliphatic heterocycles. The molecule has 0 saturated heterocycles. The van der Waals surface area contributed by atoms with Crippen LogP contribution in [0, 0.1) is 0 Å². The first-order valence-corrected chi connectivity index (χ1v) is 9.76. The molecular formula is C21H20Cl2N2O4. The summed E-state index contributed by atoms with van der Waals surface area (Å²) in [5.41, 5.74) is 1.33. The number of ether oxygens (including phenoxy) is 1. The van der Waals surface area contributed by atoms with Gasteiger partial charge in [0, 0.05) is 5.39 Å². The van der Waals surface area contributed by atoms with Crippen molar-refractivity contribution in [2.24, 2.45) is 0 Å². The predicted octanol–water partition coefficient (Wildman–Crippen LogP) is 4.99. The second kappa shape index (κ2) is 9.31. The molecule has 2 aromatic carbocycles. The number of halogens is 2. The number of furan rings is 1. The molecule has 0 fully saturated rings. The molecule has 1 aromatic heterocycles. The first-order valence-electron chi connectivity index (χ1n) is 9.00. The van der Waals surface area contributed by atoms with Crippen LogP contribution >= 0.6 is 23.2 Å². The highest BCUT2D eigenvalue weighted by Crippen LogP contribution is 2.30. The molecule has 152 valence electrons. The Morgan fingerprint density at radius 2 is 1.79 bits per heavy atom. The second-order valence-corrected chi connectivity index (χ2v) is 7.25. The van der Waals surface area contributed by atoms with Crippen LogP contribution in [0.2, 0.25) is 10.0 Å². The number of nitrogens with zero attached hydrogens (tertiary/aromatic N) is 1. The lowest BCUT2D eigenvalue weighted by atomic mass is 10.1. The zero-order chi connectivity index (χ0) is 21.0. The van der Waals surface area contributed by atoms with Crippen molar-refractivity contribution in [3.05, 3.63) is 63.8 Å². The molecule has 3 aromatic rings. The van der Waals surface area contributed by atoms with Crippen LogP contribution in [0.15, 0.2) is 46.9 Å². The van der Waals surface area contributed by atoms with Gasteiger partial charge < -0.3 is 14.5 Å². The van der Waals surface area contributed by atoms with E-state index in [2.05, 4.69) is 5.32 Å². The van der Waals surface area contributed by atoms with Gasteiger partial charge in [0.1, 0.15) is 16.9 Å². The fraction of sp³-hybridized carbons (Fsp3) is 0.238. The summed E-state index contributed by atoms with van der Waals surface area (Å²) >= 11 is 12.2. The van der Waals surface area contributed by atoms with Crippen LogP contribution in [0.25, 0.3) is 11.0 Å². The van der Waals surface area contributed by atoms with E-state index < -0.39 is 5.97 Å². The van der Waals surface area contributed by atoms with Gasteiger partial charge in [-0.1, -0.05) is 47.5 Å². The molecule has 0 aliphatic carbocycles. The van der Waals surface area contributed by atoms with Gasteiger partial charge in [-0.15, -0.1) is 0 Å². The number of anilines is 1. The first-order chi connectivity index (χ1) is 13.9. The van der Waals surface area contributed by atoms with Crippen LogP contribution in [-0.4, -0.2) is 37.0 Å². The number of carbonyl (C=O) groups excluding carboxylic acids is 2. The Hall–Kier alpha value is -2.54. The number of benzene rings is 2. The number of carbonyl (C=O) groups is 2. The third-order valence-corrected chi connectivity index (χ3v) is 4.83. The second-order valence-electron chi connectivity index (χ2n) is 6.43. The predicted molar refractivity (Wildman–Crippen MR) is 114 cm³/mol. The molecule has 0 radical (unpaired) electrons. The monoisotopic (exact) mass is 434 g/mol. The average Bonchev–Trinajstić information content (AvgIpc) is 3.02. The van der Waals surface area contributed by atoms with Crippen LogP contribution in [0.3, 0.4) is 0 Å². The van der Waals surface area contributed by atoms with Gasteiger partial charge in [-0.3, -0.25) is 9.69 Å². The maximum atomic E-state index is 12.5. The van der Waals surface area contributed by atoms with Crippen LogP contribution in [-0.2, 0) is 16.1 Å². The number of likely N-dealkylation sites (N-methyl/N-ethyl adjacent to an activating group) is 1. The lowest BCUT2D eigenvalue weighted by molar-refractivity contribution is -0.117. The summed E-state index contributed by atoms with van der Waals surface area (Å²) in [6, 6.07) is 12.2. The molecule has 0 spiro atoms. The normalized spacial score (nSPS) is 11.1. The Morgan fingerprint density at radius 3 is 2.48 bits per heavy atom. The lowest BCUT2D eigenvalue weighted by Gasteiger charge is -2.16. The summed E-state index contributed by atoms with van der Waals surface area (Å²) in [4.78, 5) is 26.6. The largest absolute Gasteiger partial charge is 0.462 e. The van der Waals surface area contributed by atoms with E-state index >= 15 is 0 Å². The molecule has 6 nitrogen and oxygen atoms in total. The molecule has 1 amide bonds. The van der Waals surface area contributed by atoms with Crippen molar-refractivity contribution in [2.75, 3.05) is 25.5 Å². The smallest absolute Gasteiger partial charge is 0.342 e. The third-order valence-electron chi connectivity index (χ3n) is 4.20. The van der Waals surface area contributed by atoms with Gasteiger partial charge in [0.25, 0.3) is 0 Å². The molecule has 0 bridgehead atoms. The fourth-order valence-electron chi connectivity index (χ4n) is 2.98. The number of esters is 1. The standard InChI is InChI=1S/C21H20Cl2N2O4/c1-3-28-21(27)19-13-7-4-5-10-16(13)29-17(19)11-25(2)12-18(26)24-20-14(22)8-6-9-15(20)23/h4-10H,3,11-12H2,1-2H3,(H,24,26). The zero-order valence-corrected chi connectivity index (χ0v) is 17.5. The summed E-state index contributed by atoms with van der Waals surface area (Å²) in [7, 11) is 1.75. The maximum Gasteiger partial charge on any atom is 0.342 e. The van der Waals surface area contributed by atoms with Crippen molar-refractivity contribution in [2.45, 2.75) is 13.5 Å². The van der Waals surface area contributed by atoms with E-state index in [9.17, 15) is 9.59 Å². The Morgan fingerprint density at radius 1 is 1.10 bits per heavy atom. The average molecular weight is 435 g/mol. The van der Waals surface area contributed by atoms with Crippen molar-refractivity contribution in [1.29, 1.82) is 0 Å². The molecule has 0 aliphatic rings. The van der Waals surface area contributed by atoms with Gasteiger partial charge in [-0.05, 0) is 32.2 Å². The summed E-state index contributed by atoms with van der Waals surface area (Å²) in [5.74, 6) is -0.305. The van der Waals surface area contributed by atoms with E-state index in [0.717, 1.165) is 0 Å². The Kier molecular flexibility index (Phi) is 6.79. The Balaban J connectivity index is 1.76. The van der Waals surface area contributed by atoms with Crippen molar-refractivity contribution >= 4 is 51.7 Å². The number of amides is 1. The van der Waals surface area contributed by atoms with E-state index in [4.69, 9.17) is 32.4 Å². The van der Waals surface area contributed by atoms with Crippen molar-refractivity contribution in [3.63, 3.8) is 0 Å². The minimum absolute atomic E-state index is 0.0425. The highest BCUT2D eigenvalue weighted by molar-refractivity contribution is 6.39. The Bertz CT molecular complexity index is 1030. The molecule has 8 heteroatoms. The number of hydrogen-bond donors (Lipinski definition) is 1. The number of nitrogens with one attached hydrogen (secondary N) is 1. The van der Waals surface area contributed by atoms with Crippen LogP contribution in [0.4, 0.5) is 5.69 Å². The van der Waals surface area contributed by atoms with Gasteiger partial charge in [0.2, 0.25) is 5.91 Å². The van der Waals surface area contributed by atoms with Crippen LogP contribution < -0.4 is 5.32 Å². The van der Waals surface area contributed by atoms with E-state index in [1.54, 1.807) is 49.2 Å². The van der Waals surface area contributed by atoms with Crippen LogP contribution in [0.5, 0.6) is 0 Å². The van der Waals surface area contributed by atoms with Gasteiger partial charge in [0.15, 0.2) is 0 Å². The number of para-hydroxylation sites is 2. The summed E-state index contributed by atoms with van der Waals surface area (Å²) in [6.07, 6.45) is 0. The van der Waals surface area contributed by atoms with E-state index in [1.165, 1.54) is 0 Å². The molecule has 0 saturated carbocycles. The minimum atomic E-state index is -0.451.